The Labute approximate surface area is 159 Å². The predicted molar refractivity (Wildman–Crippen MR) is 101 cm³/mol. The van der Waals surface area contributed by atoms with Crippen LogP contribution in [0.5, 0.6) is 0 Å². The molecular weight excluding hydrogens is 368 g/mol. The standard InChI is InChI=1S/C18H20N4O4S/c1-10-11-6-4-5-7-12(11)27-14(10)15(24)21-20-13(23)8-9-22-16(25)18(2,3)19-17(22)26/h4-7H,8-9H2,1-3H3,(H,19,26)(H,20,23)(H,21,24). The Morgan fingerprint density at radius 3 is 2.52 bits per heavy atom. The van der Waals surface area contributed by atoms with Gasteiger partial charge in [-0.2, -0.15) is 0 Å². The molecule has 0 saturated carbocycles. The van der Waals surface area contributed by atoms with E-state index >= 15 is 0 Å². The SMILES string of the molecule is Cc1c(C(=O)NNC(=O)CCN2C(=O)NC(C)(C)C2=O)sc2ccccc12. The zero-order valence-corrected chi connectivity index (χ0v) is 16.0. The van der Waals surface area contributed by atoms with Crippen LogP contribution in [0.25, 0.3) is 10.1 Å². The van der Waals surface area contributed by atoms with E-state index in [0.29, 0.717) is 4.88 Å². The maximum Gasteiger partial charge on any atom is 0.325 e. The highest BCUT2D eigenvalue weighted by Gasteiger charge is 2.43. The second-order valence-electron chi connectivity index (χ2n) is 6.82. The molecule has 27 heavy (non-hydrogen) atoms. The van der Waals surface area contributed by atoms with Crippen molar-refractivity contribution >= 4 is 45.2 Å². The monoisotopic (exact) mass is 388 g/mol. The minimum atomic E-state index is -0.972. The van der Waals surface area contributed by atoms with E-state index < -0.39 is 23.4 Å². The molecule has 5 amide bonds. The number of benzene rings is 1. The fourth-order valence-corrected chi connectivity index (χ4v) is 3.98. The molecule has 0 bridgehead atoms. The van der Waals surface area contributed by atoms with E-state index in [-0.39, 0.29) is 18.9 Å². The van der Waals surface area contributed by atoms with Crippen molar-refractivity contribution in [2.45, 2.75) is 32.7 Å². The van der Waals surface area contributed by atoms with Crippen LogP contribution in [0.1, 0.15) is 35.5 Å². The second-order valence-corrected chi connectivity index (χ2v) is 7.87. The van der Waals surface area contributed by atoms with Gasteiger partial charge in [-0.05, 0) is 37.8 Å². The normalized spacial score (nSPS) is 15.7. The molecule has 9 heteroatoms. The molecule has 142 valence electrons. The van der Waals surface area contributed by atoms with E-state index in [2.05, 4.69) is 16.2 Å². The van der Waals surface area contributed by atoms with E-state index in [0.717, 1.165) is 20.5 Å². The van der Waals surface area contributed by atoms with Crippen LogP contribution in [0.15, 0.2) is 24.3 Å². The lowest BCUT2D eigenvalue weighted by atomic mass is 10.1. The quantitative estimate of drug-likeness (QED) is 0.547. The average molecular weight is 388 g/mol. The summed E-state index contributed by atoms with van der Waals surface area (Å²) in [4.78, 5) is 49.7. The molecule has 0 spiro atoms. The lowest BCUT2D eigenvalue weighted by Crippen LogP contribution is -2.44. The summed E-state index contributed by atoms with van der Waals surface area (Å²) in [5, 5.41) is 3.54. The van der Waals surface area contributed by atoms with Crippen LogP contribution in [-0.4, -0.2) is 40.7 Å². The van der Waals surface area contributed by atoms with Gasteiger partial charge in [-0.15, -0.1) is 11.3 Å². The largest absolute Gasteiger partial charge is 0.325 e. The zero-order chi connectivity index (χ0) is 19.8. The van der Waals surface area contributed by atoms with Crippen LogP contribution in [0, 0.1) is 6.92 Å². The number of nitrogens with zero attached hydrogens (tertiary/aromatic N) is 1. The van der Waals surface area contributed by atoms with Gasteiger partial charge < -0.3 is 5.32 Å². The van der Waals surface area contributed by atoms with Crippen LogP contribution in [-0.2, 0) is 9.59 Å². The van der Waals surface area contributed by atoms with E-state index in [1.54, 1.807) is 13.8 Å². The van der Waals surface area contributed by atoms with Gasteiger partial charge in [0.1, 0.15) is 5.54 Å². The van der Waals surface area contributed by atoms with Crippen molar-refractivity contribution in [3.8, 4) is 0 Å². The molecule has 1 aliphatic rings. The van der Waals surface area contributed by atoms with Crippen molar-refractivity contribution in [2.24, 2.45) is 0 Å². The third kappa shape index (κ3) is 3.63. The first-order valence-electron chi connectivity index (χ1n) is 8.42. The number of rotatable bonds is 4. The number of nitrogens with one attached hydrogen (secondary N) is 3. The van der Waals surface area contributed by atoms with Crippen LogP contribution in [0.3, 0.4) is 0 Å². The predicted octanol–water partition coefficient (Wildman–Crippen LogP) is 1.69. The van der Waals surface area contributed by atoms with Crippen molar-refractivity contribution in [1.29, 1.82) is 0 Å². The van der Waals surface area contributed by atoms with Crippen molar-refractivity contribution in [2.75, 3.05) is 6.54 Å². The first-order valence-corrected chi connectivity index (χ1v) is 9.24. The van der Waals surface area contributed by atoms with Gasteiger partial charge in [0.2, 0.25) is 5.91 Å². The van der Waals surface area contributed by atoms with Gasteiger partial charge in [0.15, 0.2) is 0 Å². The van der Waals surface area contributed by atoms with Gasteiger partial charge in [-0.25, -0.2) is 4.79 Å². The van der Waals surface area contributed by atoms with Crippen molar-refractivity contribution in [1.82, 2.24) is 21.1 Å². The summed E-state index contributed by atoms with van der Waals surface area (Å²) in [5.74, 6) is -1.28. The Balaban J connectivity index is 1.54. The second kappa shape index (κ2) is 6.99. The number of hydrazine groups is 1. The molecule has 3 N–H and O–H groups in total. The van der Waals surface area contributed by atoms with Gasteiger partial charge >= 0.3 is 6.03 Å². The Bertz CT molecular complexity index is 950. The lowest BCUT2D eigenvalue weighted by molar-refractivity contribution is -0.130. The molecule has 0 aliphatic carbocycles. The number of hydrogen-bond acceptors (Lipinski definition) is 5. The number of carbonyl (C=O) groups excluding carboxylic acids is 4. The number of imide groups is 1. The van der Waals surface area contributed by atoms with E-state index in [1.165, 1.54) is 11.3 Å². The Morgan fingerprint density at radius 2 is 1.89 bits per heavy atom. The maximum atomic E-state index is 12.3. The van der Waals surface area contributed by atoms with Crippen molar-refractivity contribution in [3.63, 3.8) is 0 Å². The summed E-state index contributed by atoms with van der Waals surface area (Å²) in [6.07, 6.45) is -0.110. The van der Waals surface area contributed by atoms with Crippen LogP contribution >= 0.6 is 11.3 Å². The lowest BCUT2D eigenvalue weighted by Gasteiger charge is -2.15. The fraction of sp³-hybridized carbons (Fsp3) is 0.333. The van der Waals surface area contributed by atoms with Crippen molar-refractivity contribution in [3.05, 3.63) is 34.7 Å². The van der Waals surface area contributed by atoms with Crippen molar-refractivity contribution < 1.29 is 19.2 Å². The summed E-state index contributed by atoms with van der Waals surface area (Å²) < 4.78 is 0.993. The smallest absolute Gasteiger partial charge is 0.324 e. The molecule has 1 aliphatic heterocycles. The van der Waals surface area contributed by atoms with Crippen LogP contribution in [0.2, 0.25) is 0 Å². The third-order valence-corrected chi connectivity index (χ3v) is 5.64. The van der Waals surface area contributed by atoms with E-state index in [1.807, 2.05) is 31.2 Å². The topological polar surface area (TPSA) is 108 Å². The molecule has 0 radical (unpaired) electrons. The minimum Gasteiger partial charge on any atom is -0.324 e. The Kier molecular flexibility index (Phi) is 4.88. The molecular formula is C18H20N4O4S. The van der Waals surface area contributed by atoms with Crippen LogP contribution in [0.4, 0.5) is 4.79 Å². The average Bonchev–Trinajstić information content (AvgIpc) is 3.05. The highest BCUT2D eigenvalue weighted by atomic mass is 32.1. The molecule has 0 unspecified atom stereocenters. The van der Waals surface area contributed by atoms with E-state index in [9.17, 15) is 19.2 Å². The molecule has 8 nitrogen and oxygen atoms in total. The molecule has 0 atom stereocenters. The summed E-state index contributed by atoms with van der Waals surface area (Å²) in [6.45, 7) is 4.99. The number of urea groups is 1. The number of aryl methyl sites for hydroxylation is 1. The van der Waals surface area contributed by atoms with Crippen LogP contribution < -0.4 is 16.2 Å². The Morgan fingerprint density at radius 1 is 1.19 bits per heavy atom. The highest BCUT2D eigenvalue weighted by Crippen LogP contribution is 2.30. The number of carbonyl (C=O) groups is 4. The van der Waals surface area contributed by atoms with Gasteiger partial charge in [0.05, 0.1) is 4.88 Å². The molecule has 2 heterocycles. The maximum absolute atomic E-state index is 12.3. The molecule has 2 aromatic rings. The molecule has 1 aromatic heterocycles. The molecule has 3 rings (SSSR count). The molecule has 1 saturated heterocycles. The summed E-state index contributed by atoms with van der Waals surface area (Å²) in [7, 11) is 0. The Hall–Kier alpha value is -2.94. The first kappa shape index (κ1) is 18.8. The summed E-state index contributed by atoms with van der Waals surface area (Å²) >= 11 is 1.35. The highest BCUT2D eigenvalue weighted by molar-refractivity contribution is 7.21. The van der Waals surface area contributed by atoms with Gasteiger partial charge in [0.25, 0.3) is 11.8 Å². The summed E-state index contributed by atoms with van der Waals surface area (Å²) in [5.41, 5.74) is 4.59. The third-order valence-electron chi connectivity index (χ3n) is 4.37. The van der Waals surface area contributed by atoms with Gasteiger partial charge in [-0.1, -0.05) is 18.2 Å². The van der Waals surface area contributed by atoms with Gasteiger partial charge in [-0.3, -0.25) is 30.1 Å². The number of hydrogen-bond donors (Lipinski definition) is 3. The number of amides is 5. The zero-order valence-electron chi connectivity index (χ0n) is 15.2. The van der Waals surface area contributed by atoms with E-state index in [4.69, 9.17) is 0 Å². The molecule has 1 aromatic carbocycles. The number of fused-ring (bicyclic) bond motifs is 1. The minimum absolute atomic E-state index is 0.0578. The van der Waals surface area contributed by atoms with Gasteiger partial charge in [0, 0.05) is 17.7 Å². The summed E-state index contributed by atoms with van der Waals surface area (Å²) in [6, 6.07) is 7.15. The molecule has 1 fully saturated rings. The first-order chi connectivity index (χ1) is 12.7. The number of thiophene rings is 1. The fourth-order valence-electron chi connectivity index (χ4n) is 2.87.